The maximum atomic E-state index is 11.8. The van der Waals surface area contributed by atoms with Crippen LogP contribution >= 0.6 is 0 Å². The number of nitrogens with zero attached hydrogens (tertiary/aromatic N) is 4. The first-order chi connectivity index (χ1) is 18.6. The van der Waals surface area contributed by atoms with Crippen LogP contribution in [0.5, 0.6) is 5.75 Å². The summed E-state index contributed by atoms with van der Waals surface area (Å²) < 4.78 is 97.2. The van der Waals surface area contributed by atoms with Gasteiger partial charge in [0.05, 0.1) is 33.0 Å². The number of anilines is 1. The Labute approximate surface area is 255 Å². The molecule has 208 valence electrons. The number of nitrogen functional groups attached to an aromatic ring is 1. The quantitative estimate of drug-likeness (QED) is 0.0849. The normalized spacial score (nSPS) is 12.7. The number of hydrogen-bond donors (Lipinski definition) is 5. The zero-order valence-corrected chi connectivity index (χ0v) is 25.1. The molecular formula is C22H17N5NaO10S3+. The van der Waals surface area contributed by atoms with Gasteiger partial charge in [-0.05, 0) is 60.7 Å². The van der Waals surface area contributed by atoms with Gasteiger partial charge in [-0.15, -0.1) is 5.11 Å². The first-order valence-electron chi connectivity index (χ1n) is 10.6. The predicted octanol–water partition coefficient (Wildman–Crippen LogP) is 1.70. The summed E-state index contributed by atoms with van der Waals surface area (Å²) in [7, 11) is -14.4. The molecule has 0 bridgehead atoms. The molecule has 0 saturated heterocycles. The van der Waals surface area contributed by atoms with Gasteiger partial charge in [0, 0.05) is 5.39 Å². The number of fused-ring (bicyclic) bond motifs is 1. The van der Waals surface area contributed by atoms with Crippen molar-refractivity contribution < 1.29 is 73.6 Å². The third-order valence-electron chi connectivity index (χ3n) is 5.31. The molecule has 41 heavy (non-hydrogen) atoms. The fourth-order valence-corrected chi connectivity index (χ4v) is 5.38. The minimum atomic E-state index is -5.04. The van der Waals surface area contributed by atoms with Crippen LogP contribution in [0.3, 0.4) is 0 Å². The van der Waals surface area contributed by atoms with Crippen molar-refractivity contribution in [1.29, 1.82) is 0 Å². The van der Waals surface area contributed by atoms with Gasteiger partial charge in [0.1, 0.15) is 15.5 Å². The monoisotopic (exact) mass is 630 g/mol. The van der Waals surface area contributed by atoms with Crippen molar-refractivity contribution in [2.75, 3.05) is 5.73 Å². The Morgan fingerprint density at radius 1 is 0.585 bits per heavy atom. The second-order valence-corrected chi connectivity index (χ2v) is 12.2. The van der Waals surface area contributed by atoms with E-state index < -0.39 is 57.0 Å². The minimum absolute atomic E-state index is 0. The van der Waals surface area contributed by atoms with E-state index in [0.29, 0.717) is 17.4 Å². The predicted molar refractivity (Wildman–Crippen MR) is 141 cm³/mol. The van der Waals surface area contributed by atoms with Gasteiger partial charge in [0.15, 0.2) is 5.75 Å². The van der Waals surface area contributed by atoms with Crippen molar-refractivity contribution in [2.24, 2.45) is 20.5 Å². The molecular weight excluding hydrogens is 613 g/mol. The second-order valence-electron chi connectivity index (χ2n) is 7.98. The maximum Gasteiger partial charge on any atom is 1.00 e. The SMILES string of the molecule is Nc1c(S(=O)(=O)O)cc(S(=O)(=O)O)c2ccc(N=Nc3ccc(N=Nc4ccc(S(=O)(=O)O)cc4)cc3)c(O)c12.[Na+]. The molecule has 0 atom stereocenters. The molecule has 19 heteroatoms. The molecule has 0 aliphatic carbocycles. The minimum Gasteiger partial charge on any atom is -0.505 e. The molecule has 0 radical (unpaired) electrons. The fourth-order valence-electron chi connectivity index (χ4n) is 3.46. The third-order valence-corrected chi connectivity index (χ3v) is 7.97. The van der Waals surface area contributed by atoms with Gasteiger partial charge >= 0.3 is 29.6 Å². The van der Waals surface area contributed by atoms with Crippen LogP contribution in [-0.4, -0.2) is 44.0 Å². The van der Waals surface area contributed by atoms with Crippen molar-refractivity contribution in [1.82, 2.24) is 0 Å². The van der Waals surface area contributed by atoms with Crippen LogP contribution in [0.25, 0.3) is 10.8 Å². The number of azo groups is 2. The third kappa shape index (κ3) is 7.31. The van der Waals surface area contributed by atoms with Crippen molar-refractivity contribution in [2.45, 2.75) is 14.7 Å². The molecule has 0 unspecified atom stereocenters. The van der Waals surface area contributed by atoms with Crippen LogP contribution in [0.15, 0.2) is 102 Å². The van der Waals surface area contributed by atoms with Crippen LogP contribution in [0, 0.1) is 0 Å². The Kier molecular flexibility index (Phi) is 9.33. The van der Waals surface area contributed by atoms with E-state index in [4.69, 9.17) is 10.3 Å². The van der Waals surface area contributed by atoms with Gasteiger partial charge in [0.25, 0.3) is 30.4 Å². The van der Waals surface area contributed by atoms with Gasteiger partial charge in [-0.25, -0.2) is 0 Å². The summed E-state index contributed by atoms with van der Waals surface area (Å²) in [6, 6.07) is 13.7. The van der Waals surface area contributed by atoms with E-state index in [1.165, 1.54) is 36.4 Å². The van der Waals surface area contributed by atoms with E-state index in [0.717, 1.165) is 24.3 Å². The van der Waals surface area contributed by atoms with E-state index in [2.05, 4.69) is 20.5 Å². The smallest absolute Gasteiger partial charge is 0.505 e. The average Bonchev–Trinajstić information content (AvgIpc) is 2.86. The molecule has 0 heterocycles. The van der Waals surface area contributed by atoms with E-state index in [1.54, 1.807) is 0 Å². The number of aromatic hydroxyl groups is 1. The topological polar surface area (TPSA) is 259 Å². The number of nitrogens with two attached hydrogens (primary N) is 1. The van der Waals surface area contributed by atoms with Crippen LogP contribution in [0.2, 0.25) is 0 Å². The Balaban J connectivity index is 0.00000462. The van der Waals surface area contributed by atoms with Crippen molar-refractivity contribution >= 4 is 69.6 Å². The second kappa shape index (κ2) is 11.9. The Morgan fingerprint density at radius 2 is 1.02 bits per heavy atom. The molecule has 4 rings (SSSR count). The Hall–Kier alpha value is -3.33. The Bertz CT molecular complexity index is 2030. The van der Waals surface area contributed by atoms with Gasteiger partial charge < -0.3 is 10.8 Å². The first kappa shape index (κ1) is 32.2. The summed E-state index contributed by atoms with van der Waals surface area (Å²) in [6.45, 7) is 0. The largest absolute Gasteiger partial charge is 1.00 e. The van der Waals surface area contributed by atoms with Gasteiger partial charge in [-0.3, -0.25) is 13.7 Å². The number of benzene rings is 4. The molecule has 0 amide bonds. The molecule has 0 saturated carbocycles. The number of phenolic OH excluding ortho intramolecular Hbond substituents is 1. The average molecular weight is 631 g/mol. The zero-order valence-electron chi connectivity index (χ0n) is 20.7. The summed E-state index contributed by atoms with van der Waals surface area (Å²) in [5, 5.41) is 25.6. The number of hydrogen-bond acceptors (Lipinski definition) is 12. The molecule has 4 aromatic rings. The van der Waals surface area contributed by atoms with Crippen molar-refractivity contribution in [3.8, 4) is 5.75 Å². The summed E-state index contributed by atoms with van der Waals surface area (Å²) in [5.41, 5.74) is 5.85. The molecule has 0 spiro atoms. The molecule has 0 aliphatic rings. The van der Waals surface area contributed by atoms with Crippen LogP contribution in [-0.2, 0) is 30.4 Å². The van der Waals surface area contributed by atoms with Crippen molar-refractivity contribution in [3.63, 3.8) is 0 Å². The van der Waals surface area contributed by atoms with E-state index in [1.807, 2.05) is 0 Å². The zero-order chi connectivity index (χ0) is 29.5. The van der Waals surface area contributed by atoms with E-state index in [-0.39, 0.29) is 51.2 Å². The van der Waals surface area contributed by atoms with Crippen LogP contribution in [0.1, 0.15) is 0 Å². The summed E-state index contributed by atoms with van der Waals surface area (Å²) in [4.78, 5) is -2.25. The molecule has 0 aliphatic heterocycles. The fraction of sp³-hybridized carbons (Fsp3) is 0. The van der Waals surface area contributed by atoms with Gasteiger partial charge in [-0.1, -0.05) is 6.07 Å². The van der Waals surface area contributed by atoms with Crippen LogP contribution < -0.4 is 35.3 Å². The Morgan fingerprint density at radius 3 is 1.46 bits per heavy atom. The number of phenols is 1. The van der Waals surface area contributed by atoms with Gasteiger partial charge in [-0.2, -0.15) is 40.6 Å². The van der Waals surface area contributed by atoms with Crippen molar-refractivity contribution in [3.05, 3.63) is 66.7 Å². The number of rotatable bonds is 7. The van der Waals surface area contributed by atoms with E-state index in [9.17, 15) is 39.5 Å². The summed E-state index contributed by atoms with van der Waals surface area (Å²) in [6.07, 6.45) is 0. The molecule has 15 nitrogen and oxygen atoms in total. The van der Waals surface area contributed by atoms with Crippen LogP contribution in [0.4, 0.5) is 28.4 Å². The first-order valence-corrected chi connectivity index (χ1v) is 14.9. The molecule has 0 fully saturated rings. The molecule has 4 aromatic carbocycles. The molecule has 0 aromatic heterocycles. The maximum absolute atomic E-state index is 11.8. The molecule has 6 N–H and O–H groups in total. The summed E-state index contributed by atoms with van der Waals surface area (Å²) in [5.74, 6) is -0.764. The van der Waals surface area contributed by atoms with E-state index >= 15 is 0 Å². The summed E-state index contributed by atoms with van der Waals surface area (Å²) >= 11 is 0. The standard InChI is InChI=1S/C22H17N5O10S3.Na/c23-21-19(40(35,36)37)11-18(39(32,33)34)16-9-10-17(22(28)20(16)21)27-26-13-3-1-12(2-4-13)24-25-14-5-7-15(8-6-14)38(29,30)31;/h1-11,28H,23H2,(H,29,30,31)(H,32,33,34)(H,35,36,37);/q;+1. The van der Waals surface area contributed by atoms with Gasteiger partial charge in [0.2, 0.25) is 0 Å².